The first-order chi connectivity index (χ1) is 8.22. The third-order valence-corrected chi connectivity index (χ3v) is 2.98. The summed E-state index contributed by atoms with van der Waals surface area (Å²) in [6, 6.07) is 1.83. The number of nitrogens with zero attached hydrogens (tertiary/aromatic N) is 2. The molecule has 2 rings (SSSR count). The van der Waals surface area contributed by atoms with Gasteiger partial charge in [0.25, 0.3) is 0 Å². The largest absolute Gasteiger partial charge is 0.461 e. The Bertz CT molecular complexity index is 538. The van der Waals surface area contributed by atoms with Crippen molar-refractivity contribution >= 4 is 6.29 Å². The summed E-state index contributed by atoms with van der Waals surface area (Å²) < 4.78 is 7.06. The molecule has 4 nitrogen and oxygen atoms in total. The van der Waals surface area contributed by atoms with Crippen LogP contribution in [0.15, 0.2) is 16.7 Å². The summed E-state index contributed by atoms with van der Waals surface area (Å²) in [6.07, 6.45) is 4.02. The van der Waals surface area contributed by atoms with Crippen molar-refractivity contribution in [3.63, 3.8) is 0 Å². The van der Waals surface area contributed by atoms with E-state index in [0.717, 1.165) is 41.6 Å². The van der Waals surface area contributed by atoms with Gasteiger partial charge < -0.3 is 4.42 Å². The molecule has 0 atom stereocenters. The molecule has 0 saturated carbocycles. The molecule has 0 aliphatic heterocycles. The van der Waals surface area contributed by atoms with Crippen LogP contribution in [0.5, 0.6) is 0 Å². The van der Waals surface area contributed by atoms with Gasteiger partial charge in [-0.15, -0.1) is 0 Å². The van der Waals surface area contributed by atoms with Gasteiger partial charge in [-0.1, -0.05) is 13.8 Å². The number of aryl methyl sites for hydroxylation is 2. The number of carbonyl (C=O) groups excluding carboxylic acids is 1. The number of hydrogen-bond acceptors (Lipinski definition) is 3. The van der Waals surface area contributed by atoms with Crippen molar-refractivity contribution in [2.45, 2.75) is 26.7 Å². The number of aldehydes is 1. The van der Waals surface area contributed by atoms with E-state index in [1.807, 2.05) is 17.8 Å². The fraction of sp³-hybridized carbons (Fsp3) is 0.385. The molecule has 90 valence electrons. The van der Waals surface area contributed by atoms with Crippen molar-refractivity contribution in [1.82, 2.24) is 9.78 Å². The van der Waals surface area contributed by atoms with Crippen LogP contribution >= 0.6 is 0 Å². The molecule has 4 heteroatoms. The first kappa shape index (κ1) is 11.6. The van der Waals surface area contributed by atoms with Crippen molar-refractivity contribution in [3.05, 3.63) is 29.5 Å². The first-order valence-corrected chi connectivity index (χ1v) is 5.80. The van der Waals surface area contributed by atoms with Crippen molar-refractivity contribution < 1.29 is 9.21 Å². The van der Waals surface area contributed by atoms with Crippen LogP contribution in [-0.4, -0.2) is 16.1 Å². The molecule has 0 amide bonds. The van der Waals surface area contributed by atoms with Gasteiger partial charge in [0.1, 0.15) is 0 Å². The Hall–Kier alpha value is -1.84. The molecule has 0 bridgehead atoms. The van der Waals surface area contributed by atoms with Crippen molar-refractivity contribution in [1.29, 1.82) is 0 Å². The van der Waals surface area contributed by atoms with Crippen molar-refractivity contribution in [3.8, 4) is 11.1 Å². The fourth-order valence-corrected chi connectivity index (χ4v) is 2.20. The Kier molecular flexibility index (Phi) is 3.13. The van der Waals surface area contributed by atoms with Gasteiger partial charge in [0.2, 0.25) is 0 Å². The third-order valence-electron chi connectivity index (χ3n) is 2.98. The second-order valence-electron chi connectivity index (χ2n) is 3.92. The lowest BCUT2D eigenvalue weighted by atomic mass is 10.0. The molecule has 0 saturated heterocycles. The molecule has 2 heterocycles. The number of furan rings is 1. The minimum absolute atomic E-state index is 0.377. The average molecular weight is 232 g/mol. The number of carbonyl (C=O) groups is 1. The molecule has 0 aliphatic rings. The van der Waals surface area contributed by atoms with E-state index in [4.69, 9.17) is 4.42 Å². The monoisotopic (exact) mass is 232 g/mol. The molecular weight excluding hydrogens is 216 g/mol. The summed E-state index contributed by atoms with van der Waals surface area (Å²) in [5, 5.41) is 4.49. The minimum Gasteiger partial charge on any atom is -0.461 e. The second kappa shape index (κ2) is 4.57. The maximum atomic E-state index is 10.9. The van der Waals surface area contributed by atoms with Crippen molar-refractivity contribution in [2.75, 3.05) is 0 Å². The zero-order chi connectivity index (χ0) is 12.4. The normalized spacial score (nSPS) is 10.8. The Morgan fingerprint density at radius 2 is 2.18 bits per heavy atom. The molecule has 17 heavy (non-hydrogen) atoms. The zero-order valence-electron chi connectivity index (χ0n) is 10.4. The molecule has 2 aromatic rings. The van der Waals surface area contributed by atoms with Gasteiger partial charge in [0.05, 0.1) is 12.0 Å². The second-order valence-corrected chi connectivity index (χ2v) is 3.92. The van der Waals surface area contributed by atoms with Gasteiger partial charge in [0.15, 0.2) is 12.0 Å². The van der Waals surface area contributed by atoms with Crippen LogP contribution < -0.4 is 0 Å². The maximum Gasteiger partial charge on any atom is 0.185 e. The van der Waals surface area contributed by atoms with Crippen LogP contribution in [0.2, 0.25) is 0 Å². The number of rotatable bonds is 4. The van der Waals surface area contributed by atoms with Crippen LogP contribution in [0, 0.1) is 0 Å². The molecule has 0 aliphatic carbocycles. The summed E-state index contributed by atoms with van der Waals surface area (Å²) in [4.78, 5) is 10.9. The highest BCUT2D eigenvalue weighted by Gasteiger charge is 2.19. The van der Waals surface area contributed by atoms with Crippen LogP contribution in [0.3, 0.4) is 0 Å². The van der Waals surface area contributed by atoms with Gasteiger partial charge in [-0.05, 0) is 18.9 Å². The van der Waals surface area contributed by atoms with E-state index in [1.54, 1.807) is 6.26 Å². The summed E-state index contributed by atoms with van der Waals surface area (Å²) in [5.41, 5.74) is 4.04. The van der Waals surface area contributed by atoms with E-state index in [1.165, 1.54) is 0 Å². The quantitative estimate of drug-likeness (QED) is 0.761. The standard InChI is InChI=1S/C13H16N2O2/c1-4-10-13(11(5-2)15(3)14-10)9-6-7-17-12(9)8-16/h6-8H,4-5H2,1-3H3. The summed E-state index contributed by atoms with van der Waals surface area (Å²) in [6.45, 7) is 4.15. The predicted molar refractivity (Wildman–Crippen MR) is 65.1 cm³/mol. The summed E-state index contributed by atoms with van der Waals surface area (Å²) in [5.74, 6) is 0.377. The number of aromatic nitrogens is 2. The predicted octanol–water partition coefficient (Wildman–Crippen LogP) is 2.62. The Balaban J connectivity index is 2.68. The van der Waals surface area contributed by atoms with Gasteiger partial charge in [-0.3, -0.25) is 9.48 Å². The average Bonchev–Trinajstić information content (AvgIpc) is 2.91. The highest BCUT2D eigenvalue weighted by molar-refractivity contribution is 5.86. The van der Waals surface area contributed by atoms with E-state index in [2.05, 4.69) is 18.9 Å². The Labute approximate surface area is 100 Å². The van der Waals surface area contributed by atoms with Crippen LogP contribution in [0.25, 0.3) is 11.1 Å². The van der Waals surface area contributed by atoms with Gasteiger partial charge in [0, 0.05) is 23.9 Å². The highest BCUT2D eigenvalue weighted by Crippen LogP contribution is 2.31. The molecule has 2 aromatic heterocycles. The van der Waals surface area contributed by atoms with E-state index >= 15 is 0 Å². The van der Waals surface area contributed by atoms with E-state index < -0.39 is 0 Å². The molecule has 0 radical (unpaired) electrons. The summed E-state index contributed by atoms with van der Waals surface area (Å²) in [7, 11) is 1.93. The van der Waals surface area contributed by atoms with Gasteiger partial charge >= 0.3 is 0 Å². The van der Waals surface area contributed by atoms with Crippen LogP contribution in [-0.2, 0) is 19.9 Å². The summed E-state index contributed by atoms with van der Waals surface area (Å²) >= 11 is 0. The molecule has 0 unspecified atom stereocenters. The molecule has 0 N–H and O–H groups in total. The molecule has 0 spiro atoms. The molecule has 0 aromatic carbocycles. The molecule has 0 fully saturated rings. The third kappa shape index (κ3) is 1.79. The Morgan fingerprint density at radius 1 is 1.41 bits per heavy atom. The lowest BCUT2D eigenvalue weighted by molar-refractivity contribution is 0.110. The van der Waals surface area contributed by atoms with E-state index in [0.29, 0.717) is 5.76 Å². The highest BCUT2D eigenvalue weighted by atomic mass is 16.3. The maximum absolute atomic E-state index is 10.9. The van der Waals surface area contributed by atoms with Crippen LogP contribution in [0.4, 0.5) is 0 Å². The van der Waals surface area contributed by atoms with Gasteiger partial charge in [-0.2, -0.15) is 5.10 Å². The van der Waals surface area contributed by atoms with Gasteiger partial charge in [-0.25, -0.2) is 0 Å². The number of hydrogen-bond donors (Lipinski definition) is 0. The first-order valence-electron chi connectivity index (χ1n) is 5.80. The van der Waals surface area contributed by atoms with Crippen molar-refractivity contribution in [2.24, 2.45) is 7.05 Å². The Morgan fingerprint density at radius 3 is 2.76 bits per heavy atom. The SMILES string of the molecule is CCc1nn(C)c(CC)c1-c1ccoc1C=O. The fourth-order valence-electron chi connectivity index (χ4n) is 2.20. The smallest absolute Gasteiger partial charge is 0.185 e. The molecular formula is C13H16N2O2. The van der Waals surface area contributed by atoms with Crippen LogP contribution in [0.1, 0.15) is 35.8 Å². The van der Waals surface area contributed by atoms with E-state index in [9.17, 15) is 4.79 Å². The minimum atomic E-state index is 0.377. The topological polar surface area (TPSA) is 48.0 Å². The lowest BCUT2D eigenvalue weighted by Crippen LogP contribution is -1.97. The zero-order valence-corrected chi connectivity index (χ0v) is 10.4. The lowest BCUT2D eigenvalue weighted by Gasteiger charge is -2.03. The van der Waals surface area contributed by atoms with E-state index in [-0.39, 0.29) is 0 Å².